The summed E-state index contributed by atoms with van der Waals surface area (Å²) in [6.45, 7) is 31.9. The zero-order chi connectivity index (χ0) is 41.4. The minimum atomic E-state index is -0.147. The molecule has 0 fully saturated rings. The van der Waals surface area contributed by atoms with E-state index in [-0.39, 0.29) is 16.5 Å². The molecule has 3 aromatic carbocycles. The SMILES string of the molecule is CC(C)(C)CCOCCOCCOCCn1cc(-c2ccc(C(C)(C)C)cc2)nn1.CC(C)(C)N1Cc2ccccc2-c2c(nnn2C(C)(C)C)-c2ccccc21. The van der Waals surface area contributed by atoms with Crippen LogP contribution in [0.25, 0.3) is 33.8 Å². The molecule has 10 nitrogen and oxygen atoms in total. The Morgan fingerprint density at radius 3 is 1.81 bits per heavy atom. The normalized spacial score (nSPS) is 13.2. The van der Waals surface area contributed by atoms with Crippen molar-refractivity contribution in [3.05, 3.63) is 90.1 Å². The van der Waals surface area contributed by atoms with Crippen molar-refractivity contribution in [3.63, 3.8) is 0 Å². The highest BCUT2D eigenvalue weighted by Gasteiger charge is 2.33. The van der Waals surface area contributed by atoms with Crippen LogP contribution in [0.2, 0.25) is 0 Å². The zero-order valence-corrected chi connectivity index (χ0v) is 36.7. The number of hydrogen-bond donors (Lipinski definition) is 0. The number of aromatic nitrogens is 6. The van der Waals surface area contributed by atoms with Crippen molar-refractivity contribution < 1.29 is 14.2 Å². The van der Waals surface area contributed by atoms with Crippen LogP contribution >= 0.6 is 0 Å². The second-order valence-electron chi connectivity index (χ2n) is 19.1. The van der Waals surface area contributed by atoms with Gasteiger partial charge >= 0.3 is 0 Å². The molecular weight excluding hydrogens is 711 g/mol. The van der Waals surface area contributed by atoms with Crippen LogP contribution in [0.4, 0.5) is 5.69 Å². The number of ether oxygens (including phenoxy) is 3. The molecule has 57 heavy (non-hydrogen) atoms. The molecule has 1 aliphatic heterocycles. The van der Waals surface area contributed by atoms with Crippen molar-refractivity contribution in [2.75, 3.05) is 44.5 Å². The standard InChI is InChI=1S/C24H39N3O3.C23H28N4/c1-23(2,3)11-13-28-15-17-30-18-16-29-14-12-27-19-22(25-26-27)20-7-9-21(10-8-20)24(4,5)6;1-22(2,3)26-15-16-11-7-8-12-17(16)21-20(18-13-9-10-14-19(18)26)24-25-27(21)23(4,5)6/h7-10,19H,11-18H2,1-6H3;7-14H,15H2,1-6H3. The molecule has 0 saturated heterocycles. The number of fused-ring (bicyclic) bond motifs is 5. The van der Waals surface area contributed by atoms with E-state index in [1.165, 1.54) is 22.4 Å². The maximum atomic E-state index is 5.62. The van der Waals surface area contributed by atoms with Gasteiger partial charge < -0.3 is 19.1 Å². The second kappa shape index (κ2) is 18.5. The zero-order valence-electron chi connectivity index (χ0n) is 36.7. The van der Waals surface area contributed by atoms with Crippen LogP contribution < -0.4 is 4.90 Å². The van der Waals surface area contributed by atoms with E-state index in [1.54, 1.807) is 0 Å². The fourth-order valence-corrected chi connectivity index (χ4v) is 6.59. The third-order valence-electron chi connectivity index (χ3n) is 9.96. The first kappa shape index (κ1) is 43.7. The fraction of sp³-hybridized carbons (Fsp3) is 0.532. The summed E-state index contributed by atoms with van der Waals surface area (Å²) in [5.41, 5.74) is 10.5. The van der Waals surface area contributed by atoms with Crippen LogP contribution in [0.1, 0.15) is 101 Å². The molecule has 6 rings (SSSR count). The van der Waals surface area contributed by atoms with E-state index < -0.39 is 0 Å². The van der Waals surface area contributed by atoms with Crippen molar-refractivity contribution in [3.8, 4) is 33.8 Å². The van der Waals surface area contributed by atoms with Gasteiger partial charge in [-0.3, -0.25) is 0 Å². The summed E-state index contributed by atoms with van der Waals surface area (Å²) < 4.78 is 20.6. The Labute approximate surface area is 341 Å². The first-order chi connectivity index (χ1) is 26.8. The van der Waals surface area contributed by atoms with Gasteiger partial charge in [0.1, 0.15) is 11.4 Å². The average molecular weight is 778 g/mol. The number of para-hydroxylation sites is 1. The van der Waals surface area contributed by atoms with E-state index in [0.717, 1.165) is 47.8 Å². The quantitative estimate of drug-likeness (QED) is 0.116. The molecule has 0 saturated carbocycles. The summed E-state index contributed by atoms with van der Waals surface area (Å²) in [7, 11) is 0. The predicted octanol–water partition coefficient (Wildman–Crippen LogP) is 10.2. The highest BCUT2D eigenvalue weighted by Crippen LogP contribution is 2.44. The molecule has 0 atom stereocenters. The van der Waals surface area contributed by atoms with Gasteiger partial charge in [0, 0.05) is 41.1 Å². The molecule has 0 spiro atoms. The Bertz CT molecular complexity index is 2000. The number of nitrogens with zero attached hydrogens (tertiary/aromatic N) is 7. The smallest absolute Gasteiger partial charge is 0.123 e. The summed E-state index contributed by atoms with van der Waals surface area (Å²) in [5, 5.41) is 17.7. The topological polar surface area (TPSA) is 92.3 Å². The molecule has 0 aliphatic carbocycles. The highest BCUT2D eigenvalue weighted by molar-refractivity contribution is 5.88. The monoisotopic (exact) mass is 778 g/mol. The molecule has 0 radical (unpaired) electrons. The lowest BCUT2D eigenvalue weighted by Gasteiger charge is -2.40. The summed E-state index contributed by atoms with van der Waals surface area (Å²) in [6, 6.07) is 25.8. The van der Waals surface area contributed by atoms with E-state index in [1.807, 2.05) is 10.9 Å². The Morgan fingerprint density at radius 1 is 0.596 bits per heavy atom. The molecule has 1 aliphatic rings. The molecule has 5 aromatic rings. The van der Waals surface area contributed by atoms with Gasteiger partial charge in [0.25, 0.3) is 0 Å². The van der Waals surface area contributed by atoms with E-state index in [0.29, 0.717) is 45.0 Å². The average Bonchev–Trinajstić information content (AvgIpc) is 3.80. The van der Waals surface area contributed by atoms with Crippen molar-refractivity contribution in [1.82, 2.24) is 30.0 Å². The minimum absolute atomic E-state index is 0.0132. The van der Waals surface area contributed by atoms with Crippen LogP contribution in [0.5, 0.6) is 0 Å². The lowest BCUT2D eigenvalue weighted by molar-refractivity contribution is 0.00881. The van der Waals surface area contributed by atoms with Crippen LogP contribution in [0.15, 0.2) is 79.0 Å². The molecule has 2 aromatic heterocycles. The Hall–Kier alpha value is -4.38. The number of rotatable bonds is 12. The summed E-state index contributed by atoms with van der Waals surface area (Å²) in [4.78, 5) is 2.47. The molecule has 0 N–H and O–H groups in total. The van der Waals surface area contributed by atoms with Crippen molar-refractivity contribution >= 4 is 5.69 Å². The molecule has 0 amide bonds. The molecule has 308 valence electrons. The fourth-order valence-electron chi connectivity index (χ4n) is 6.59. The number of anilines is 1. The Balaban J connectivity index is 0.000000218. The number of hydrogen-bond acceptors (Lipinski definition) is 8. The van der Waals surface area contributed by atoms with Crippen LogP contribution in [0.3, 0.4) is 0 Å². The molecule has 0 bridgehead atoms. The second-order valence-corrected chi connectivity index (χ2v) is 19.1. The van der Waals surface area contributed by atoms with Gasteiger partial charge in [0.15, 0.2) is 0 Å². The Morgan fingerprint density at radius 2 is 1.19 bits per heavy atom. The van der Waals surface area contributed by atoms with Gasteiger partial charge in [-0.1, -0.05) is 119 Å². The van der Waals surface area contributed by atoms with Crippen molar-refractivity contribution in [2.45, 2.75) is 119 Å². The van der Waals surface area contributed by atoms with Gasteiger partial charge in [-0.25, -0.2) is 9.36 Å². The first-order valence-corrected chi connectivity index (χ1v) is 20.5. The van der Waals surface area contributed by atoms with Gasteiger partial charge in [0.05, 0.1) is 57.0 Å². The lowest BCUT2D eigenvalue weighted by Crippen LogP contribution is -2.41. The van der Waals surface area contributed by atoms with Crippen molar-refractivity contribution in [2.24, 2.45) is 5.41 Å². The summed E-state index contributed by atoms with van der Waals surface area (Å²) in [6.07, 6.45) is 3.02. The molecule has 0 unspecified atom stereocenters. The molecule has 3 heterocycles. The van der Waals surface area contributed by atoms with Gasteiger partial charge in [-0.05, 0) is 76.0 Å². The van der Waals surface area contributed by atoms with Gasteiger partial charge in [-0.2, -0.15) is 0 Å². The summed E-state index contributed by atoms with van der Waals surface area (Å²) >= 11 is 0. The summed E-state index contributed by atoms with van der Waals surface area (Å²) in [5.74, 6) is 0. The largest absolute Gasteiger partial charge is 0.379 e. The maximum absolute atomic E-state index is 5.62. The van der Waals surface area contributed by atoms with Crippen LogP contribution in [-0.4, -0.2) is 75.2 Å². The predicted molar refractivity (Wildman–Crippen MR) is 233 cm³/mol. The van der Waals surface area contributed by atoms with E-state index in [9.17, 15) is 0 Å². The van der Waals surface area contributed by atoms with E-state index in [4.69, 9.17) is 14.2 Å². The third kappa shape index (κ3) is 12.1. The van der Waals surface area contributed by atoms with E-state index in [2.05, 4.69) is 186 Å². The third-order valence-corrected chi connectivity index (χ3v) is 9.96. The first-order valence-electron chi connectivity index (χ1n) is 20.5. The highest BCUT2D eigenvalue weighted by atomic mass is 16.5. The Kier molecular flexibility index (Phi) is 14.2. The van der Waals surface area contributed by atoms with Crippen LogP contribution in [0, 0.1) is 5.41 Å². The van der Waals surface area contributed by atoms with Gasteiger partial charge in [-0.15, -0.1) is 10.2 Å². The lowest BCUT2D eigenvalue weighted by atomic mass is 9.86. The van der Waals surface area contributed by atoms with Gasteiger partial charge in [0.2, 0.25) is 0 Å². The van der Waals surface area contributed by atoms with E-state index >= 15 is 0 Å². The number of benzene rings is 3. The van der Waals surface area contributed by atoms with Crippen LogP contribution in [-0.2, 0) is 38.3 Å². The maximum Gasteiger partial charge on any atom is 0.123 e. The molecular formula is C47H67N7O3. The van der Waals surface area contributed by atoms with Crippen molar-refractivity contribution in [1.29, 1.82) is 0 Å². The minimum Gasteiger partial charge on any atom is -0.379 e. The molecule has 10 heteroatoms.